The van der Waals surface area contributed by atoms with Gasteiger partial charge < -0.3 is 19.9 Å². The van der Waals surface area contributed by atoms with E-state index in [1.165, 1.54) is 5.56 Å². The number of benzene rings is 2. The van der Waals surface area contributed by atoms with Crippen molar-refractivity contribution in [2.45, 2.75) is 33.3 Å². The molecule has 0 amide bonds. The van der Waals surface area contributed by atoms with Gasteiger partial charge in [0.2, 0.25) is 11.8 Å². The van der Waals surface area contributed by atoms with Gasteiger partial charge in [-0.3, -0.25) is 5.10 Å². The van der Waals surface area contributed by atoms with Crippen molar-refractivity contribution >= 4 is 0 Å². The topological polar surface area (TPSA) is 106 Å². The van der Waals surface area contributed by atoms with Gasteiger partial charge in [0.1, 0.15) is 18.2 Å². The molecule has 7 heteroatoms. The minimum Gasteiger partial charge on any atom is -0.490 e. The normalized spacial score (nSPS) is 15.1. The molecule has 0 spiro atoms. The Morgan fingerprint density at radius 3 is 2.61 bits per heavy atom. The van der Waals surface area contributed by atoms with Crippen molar-refractivity contribution in [2.75, 3.05) is 6.61 Å². The van der Waals surface area contributed by atoms with Crippen molar-refractivity contribution in [1.29, 1.82) is 5.26 Å². The molecular weight excluding hydrogens is 392 g/mol. The third-order valence-corrected chi connectivity index (χ3v) is 5.25. The Morgan fingerprint density at radius 1 is 1.13 bits per heavy atom. The lowest BCUT2D eigenvalue weighted by atomic mass is 9.84. The Bertz CT molecular complexity index is 1170. The first-order chi connectivity index (χ1) is 15.0. The summed E-state index contributed by atoms with van der Waals surface area (Å²) in [7, 11) is 0. The van der Waals surface area contributed by atoms with Crippen LogP contribution in [0, 0.1) is 25.2 Å². The van der Waals surface area contributed by atoms with Crippen molar-refractivity contribution < 1.29 is 14.2 Å². The lowest BCUT2D eigenvalue weighted by Gasteiger charge is -2.24. The predicted octanol–water partition coefficient (Wildman–Crippen LogP) is 4.22. The molecule has 0 saturated heterocycles. The molecule has 0 aliphatic carbocycles. The Morgan fingerprint density at radius 2 is 1.90 bits per heavy atom. The van der Waals surface area contributed by atoms with Gasteiger partial charge in [0.05, 0.1) is 12.5 Å². The van der Waals surface area contributed by atoms with Crippen LogP contribution in [-0.2, 0) is 6.61 Å². The number of aromatic amines is 1. The molecule has 1 aliphatic heterocycles. The predicted molar refractivity (Wildman–Crippen MR) is 116 cm³/mol. The van der Waals surface area contributed by atoms with Gasteiger partial charge >= 0.3 is 0 Å². The number of nitrogens with zero attached hydrogens (tertiary/aromatic N) is 2. The van der Waals surface area contributed by atoms with Crippen LogP contribution in [0.5, 0.6) is 17.4 Å². The average molecular weight is 416 g/mol. The van der Waals surface area contributed by atoms with Gasteiger partial charge in [-0.15, -0.1) is 5.10 Å². The van der Waals surface area contributed by atoms with Crippen molar-refractivity contribution in [3.8, 4) is 23.4 Å². The van der Waals surface area contributed by atoms with Crippen molar-refractivity contribution in [2.24, 2.45) is 5.73 Å². The molecule has 7 nitrogen and oxygen atoms in total. The third-order valence-electron chi connectivity index (χ3n) is 5.25. The van der Waals surface area contributed by atoms with Crippen LogP contribution in [-0.4, -0.2) is 16.8 Å². The highest BCUT2D eigenvalue weighted by molar-refractivity contribution is 5.57. The number of allylic oxidation sites excluding steroid dienone is 1. The van der Waals surface area contributed by atoms with Crippen molar-refractivity contribution in [3.63, 3.8) is 0 Å². The standard InChI is InChI=1S/C24H24N4O3/c1-4-29-20-11-17(9-10-19(20)30-13-16-7-5-14(2)6-8-16)22-18(12-25)23(26)31-24-21(22)15(3)27-28-24/h5-11,22H,4,13,26H2,1-3H3,(H,27,28)/t22-/m0/s1. The van der Waals surface area contributed by atoms with Crippen LogP contribution in [0.15, 0.2) is 53.9 Å². The number of nitrogens with one attached hydrogen (secondary N) is 1. The second kappa shape index (κ2) is 8.44. The van der Waals surface area contributed by atoms with Crippen LogP contribution in [0.25, 0.3) is 0 Å². The highest BCUT2D eigenvalue weighted by Crippen LogP contribution is 2.44. The average Bonchev–Trinajstić information content (AvgIpc) is 3.13. The SMILES string of the molecule is CCOc1cc([C@H]2C(C#N)=C(N)Oc3n[nH]c(C)c32)ccc1OCc1ccc(C)cc1. The number of fused-ring (bicyclic) bond motifs is 1. The molecule has 1 aromatic heterocycles. The summed E-state index contributed by atoms with van der Waals surface area (Å²) in [6, 6.07) is 16.1. The number of hydrogen-bond donors (Lipinski definition) is 2. The number of aromatic nitrogens is 2. The molecule has 3 aromatic rings. The fourth-order valence-corrected chi connectivity index (χ4v) is 3.67. The summed E-state index contributed by atoms with van der Waals surface area (Å²) in [5, 5.41) is 16.8. The van der Waals surface area contributed by atoms with Gasteiger partial charge in [0.25, 0.3) is 0 Å². The molecule has 2 heterocycles. The molecule has 158 valence electrons. The van der Waals surface area contributed by atoms with Crippen molar-refractivity contribution in [1.82, 2.24) is 10.2 Å². The highest BCUT2D eigenvalue weighted by Gasteiger charge is 2.34. The summed E-state index contributed by atoms with van der Waals surface area (Å²) >= 11 is 0. The van der Waals surface area contributed by atoms with Crippen LogP contribution < -0.4 is 19.9 Å². The minimum absolute atomic E-state index is 0.0594. The molecule has 31 heavy (non-hydrogen) atoms. The monoisotopic (exact) mass is 416 g/mol. The van der Waals surface area contributed by atoms with Crippen LogP contribution in [0.3, 0.4) is 0 Å². The first-order valence-corrected chi connectivity index (χ1v) is 10.1. The maximum absolute atomic E-state index is 9.75. The zero-order chi connectivity index (χ0) is 22.0. The summed E-state index contributed by atoms with van der Waals surface area (Å²) in [6.45, 7) is 6.77. The molecule has 1 atom stereocenters. The smallest absolute Gasteiger partial charge is 0.244 e. The number of nitrogens with two attached hydrogens (primary N) is 1. The van der Waals surface area contributed by atoms with Gasteiger partial charge in [-0.2, -0.15) is 5.26 Å². The first-order valence-electron chi connectivity index (χ1n) is 10.1. The number of ether oxygens (including phenoxy) is 3. The zero-order valence-corrected chi connectivity index (χ0v) is 17.7. The molecule has 0 fully saturated rings. The Kier molecular flexibility index (Phi) is 5.54. The quantitative estimate of drug-likeness (QED) is 0.623. The Balaban J connectivity index is 1.69. The van der Waals surface area contributed by atoms with E-state index in [-0.39, 0.29) is 5.88 Å². The second-order valence-corrected chi connectivity index (χ2v) is 7.41. The molecular formula is C24H24N4O3. The van der Waals surface area contributed by atoms with E-state index in [4.69, 9.17) is 19.9 Å². The molecule has 0 bridgehead atoms. The fourth-order valence-electron chi connectivity index (χ4n) is 3.67. The van der Waals surface area contributed by atoms with Gasteiger partial charge in [0, 0.05) is 11.3 Å². The van der Waals surface area contributed by atoms with E-state index in [2.05, 4.69) is 35.3 Å². The van der Waals surface area contributed by atoms with Gasteiger partial charge in [0.15, 0.2) is 11.5 Å². The molecule has 2 aromatic carbocycles. The highest BCUT2D eigenvalue weighted by atomic mass is 16.5. The van der Waals surface area contributed by atoms with Crippen LogP contribution in [0.2, 0.25) is 0 Å². The summed E-state index contributed by atoms with van der Waals surface area (Å²) in [5.74, 6) is 1.29. The molecule has 3 N–H and O–H groups in total. The minimum atomic E-state index is -0.405. The van der Waals surface area contributed by atoms with E-state index in [1.54, 1.807) is 0 Å². The van der Waals surface area contributed by atoms with E-state index in [1.807, 2.05) is 44.2 Å². The summed E-state index contributed by atoms with van der Waals surface area (Å²) in [6.07, 6.45) is 0. The van der Waals surface area contributed by atoms with Gasteiger partial charge in [-0.05, 0) is 44.0 Å². The largest absolute Gasteiger partial charge is 0.490 e. The van der Waals surface area contributed by atoms with E-state index in [9.17, 15) is 5.26 Å². The Hall–Kier alpha value is -3.92. The van der Waals surface area contributed by atoms with Crippen LogP contribution in [0.1, 0.15) is 40.8 Å². The van der Waals surface area contributed by atoms with E-state index in [0.29, 0.717) is 36.2 Å². The zero-order valence-electron chi connectivity index (χ0n) is 17.7. The first kappa shape index (κ1) is 20.4. The van der Waals surface area contributed by atoms with Crippen molar-refractivity contribution in [3.05, 3.63) is 81.9 Å². The maximum atomic E-state index is 9.75. The van der Waals surface area contributed by atoms with Crippen LogP contribution in [0.4, 0.5) is 0 Å². The lowest BCUT2D eigenvalue weighted by molar-refractivity contribution is 0.269. The summed E-state index contributed by atoms with van der Waals surface area (Å²) in [5.41, 5.74) is 11.1. The van der Waals surface area contributed by atoms with E-state index < -0.39 is 5.92 Å². The summed E-state index contributed by atoms with van der Waals surface area (Å²) in [4.78, 5) is 0. The number of rotatable bonds is 6. The number of aryl methyl sites for hydroxylation is 2. The second-order valence-electron chi connectivity index (χ2n) is 7.41. The number of nitriles is 1. The maximum Gasteiger partial charge on any atom is 0.244 e. The molecule has 0 unspecified atom stereocenters. The molecule has 0 radical (unpaired) electrons. The molecule has 1 aliphatic rings. The van der Waals surface area contributed by atoms with E-state index >= 15 is 0 Å². The van der Waals surface area contributed by atoms with Gasteiger partial charge in [-0.1, -0.05) is 35.9 Å². The van der Waals surface area contributed by atoms with E-state index in [0.717, 1.165) is 22.4 Å². The third kappa shape index (κ3) is 3.92. The molecule has 0 saturated carbocycles. The number of H-pyrrole nitrogens is 1. The van der Waals surface area contributed by atoms with Crippen LogP contribution >= 0.6 is 0 Å². The lowest BCUT2D eigenvalue weighted by Crippen LogP contribution is -2.21. The fraction of sp³-hybridized carbons (Fsp3) is 0.250. The Labute approximate surface area is 181 Å². The van der Waals surface area contributed by atoms with Gasteiger partial charge in [-0.25, -0.2) is 0 Å². The molecule has 4 rings (SSSR count). The summed E-state index contributed by atoms with van der Waals surface area (Å²) < 4.78 is 17.4. The number of hydrogen-bond acceptors (Lipinski definition) is 6.